The highest BCUT2D eigenvalue weighted by molar-refractivity contribution is 14.1. The van der Waals surface area contributed by atoms with Gasteiger partial charge in [-0.3, -0.25) is 8.32 Å². The Morgan fingerprint density at radius 2 is 2.40 bits per heavy atom. The summed E-state index contributed by atoms with van der Waals surface area (Å²) in [4.78, 5) is 12.9. The molecule has 10 heavy (non-hydrogen) atoms. The van der Waals surface area contributed by atoms with E-state index in [-0.39, 0.29) is 11.8 Å². The number of likely N-dealkylation sites (N-methyl/N-ethyl adjacent to an activating group) is 1. The van der Waals surface area contributed by atoms with Gasteiger partial charge in [-0.1, -0.05) is 6.92 Å². The van der Waals surface area contributed by atoms with Crippen molar-refractivity contribution in [2.75, 3.05) is 13.6 Å². The summed E-state index contributed by atoms with van der Waals surface area (Å²) in [6, 6.07) is 0.332. The molecule has 0 bridgehead atoms. The van der Waals surface area contributed by atoms with Crippen LogP contribution in [-0.4, -0.2) is 30.4 Å². The highest BCUT2D eigenvalue weighted by Gasteiger charge is 2.34. The Labute approximate surface area is 74.6 Å². The van der Waals surface area contributed by atoms with Crippen LogP contribution in [0.25, 0.3) is 0 Å². The van der Waals surface area contributed by atoms with Crippen molar-refractivity contribution in [2.24, 2.45) is 5.92 Å². The summed E-state index contributed by atoms with van der Waals surface area (Å²) >= 11 is 2.10. The molecule has 1 saturated heterocycles. The third-order valence-electron chi connectivity index (χ3n) is 1.98. The van der Waals surface area contributed by atoms with E-state index in [1.807, 2.05) is 14.0 Å². The predicted octanol–water partition coefficient (Wildman–Crippen LogP) is 0.403. The maximum absolute atomic E-state index is 11.2. The maximum atomic E-state index is 11.2. The molecule has 58 valence electrons. The summed E-state index contributed by atoms with van der Waals surface area (Å²) in [5, 5.41) is 0. The fourth-order valence-electron chi connectivity index (χ4n) is 1.19. The lowest BCUT2D eigenvalue weighted by Gasteiger charge is -2.07. The van der Waals surface area contributed by atoms with Crippen LogP contribution in [0.15, 0.2) is 0 Å². The topological polar surface area (TPSA) is 32.3 Å². The van der Waals surface area contributed by atoms with Crippen LogP contribution in [0, 0.1) is 5.92 Å². The SMILES string of the molecule is CC1C(=O)N(C)CC1NI. The van der Waals surface area contributed by atoms with E-state index in [9.17, 15) is 4.79 Å². The van der Waals surface area contributed by atoms with Gasteiger partial charge in [0, 0.05) is 42.5 Å². The Balaban J connectivity index is 2.61. The highest BCUT2D eigenvalue weighted by atomic mass is 127. The lowest BCUT2D eigenvalue weighted by Crippen LogP contribution is -2.27. The summed E-state index contributed by atoms with van der Waals surface area (Å²) < 4.78 is 3.08. The Morgan fingerprint density at radius 1 is 1.80 bits per heavy atom. The van der Waals surface area contributed by atoms with Gasteiger partial charge in [-0.15, -0.1) is 0 Å². The quantitative estimate of drug-likeness (QED) is 0.542. The Kier molecular flexibility index (Phi) is 2.51. The first-order chi connectivity index (χ1) is 4.66. The molecular weight excluding hydrogens is 243 g/mol. The second kappa shape index (κ2) is 3.04. The van der Waals surface area contributed by atoms with Crippen LogP contribution in [-0.2, 0) is 4.79 Å². The van der Waals surface area contributed by atoms with Gasteiger partial charge in [0.15, 0.2) is 0 Å². The summed E-state index contributed by atoms with van der Waals surface area (Å²) in [5.74, 6) is 0.385. The van der Waals surface area contributed by atoms with Crippen molar-refractivity contribution in [3.05, 3.63) is 0 Å². The van der Waals surface area contributed by atoms with E-state index in [1.54, 1.807) is 4.90 Å². The minimum absolute atomic E-state index is 0.141. The molecule has 1 amide bonds. The molecule has 0 aromatic rings. The predicted molar refractivity (Wildman–Crippen MR) is 47.7 cm³/mol. The summed E-state index contributed by atoms with van der Waals surface area (Å²) in [5.41, 5.74) is 0. The Morgan fingerprint density at radius 3 is 2.60 bits per heavy atom. The van der Waals surface area contributed by atoms with Crippen LogP contribution >= 0.6 is 22.9 Å². The zero-order chi connectivity index (χ0) is 7.72. The van der Waals surface area contributed by atoms with E-state index in [1.165, 1.54) is 0 Å². The molecule has 1 heterocycles. The number of nitrogens with zero attached hydrogens (tertiary/aromatic N) is 1. The second-order valence-electron chi connectivity index (χ2n) is 2.72. The molecule has 4 heteroatoms. The van der Waals surface area contributed by atoms with Crippen molar-refractivity contribution in [3.63, 3.8) is 0 Å². The number of hydrogen-bond acceptors (Lipinski definition) is 2. The van der Waals surface area contributed by atoms with Crippen LogP contribution in [0.2, 0.25) is 0 Å². The van der Waals surface area contributed by atoms with Crippen molar-refractivity contribution in [3.8, 4) is 0 Å². The molecule has 2 atom stereocenters. The molecule has 1 N–H and O–H groups in total. The Hall–Kier alpha value is 0.160. The molecule has 3 nitrogen and oxygen atoms in total. The summed E-state index contributed by atoms with van der Waals surface area (Å²) in [6.07, 6.45) is 0. The van der Waals surface area contributed by atoms with E-state index in [2.05, 4.69) is 26.4 Å². The molecule has 0 aliphatic carbocycles. The smallest absolute Gasteiger partial charge is 0.226 e. The molecule has 0 aromatic heterocycles. The van der Waals surface area contributed by atoms with Gasteiger partial charge in [0.05, 0.1) is 5.92 Å². The van der Waals surface area contributed by atoms with Crippen LogP contribution < -0.4 is 3.53 Å². The van der Waals surface area contributed by atoms with Crippen molar-refractivity contribution in [1.29, 1.82) is 0 Å². The molecule has 2 unspecified atom stereocenters. The number of amides is 1. The minimum Gasteiger partial charge on any atom is -0.344 e. The number of nitrogens with one attached hydrogen (secondary N) is 1. The van der Waals surface area contributed by atoms with Gasteiger partial charge in [0.1, 0.15) is 0 Å². The lowest BCUT2D eigenvalue weighted by molar-refractivity contribution is -0.129. The molecule has 1 rings (SSSR count). The van der Waals surface area contributed by atoms with E-state index >= 15 is 0 Å². The molecule has 0 radical (unpaired) electrons. The van der Waals surface area contributed by atoms with Crippen molar-refractivity contribution < 1.29 is 4.79 Å². The molecule has 1 fully saturated rings. The number of carbonyl (C=O) groups is 1. The second-order valence-corrected chi connectivity index (χ2v) is 3.35. The summed E-state index contributed by atoms with van der Waals surface area (Å²) in [6.45, 7) is 2.80. The van der Waals surface area contributed by atoms with Gasteiger partial charge in [-0.05, 0) is 0 Å². The van der Waals surface area contributed by atoms with Gasteiger partial charge in [0.25, 0.3) is 0 Å². The monoisotopic (exact) mass is 254 g/mol. The average Bonchev–Trinajstić information content (AvgIpc) is 2.17. The van der Waals surface area contributed by atoms with Gasteiger partial charge in [-0.2, -0.15) is 0 Å². The van der Waals surface area contributed by atoms with E-state index in [4.69, 9.17) is 0 Å². The van der Waals surface area contributed by atoms with E-state index in [0.29, 0.717) is 6.04 Å². The standard InChI is InChI=1S/C6H11IN2O/c1-4-5(8-7)3-9(2)6(4)10/h4-5,8H,3H2,1-2H3. The zero-order valence-corrected chi connectivity index (χ0v) is 8.25. The van der Waals surface area contributed by atoms with Gasteiger partial charge in [-0.25, -0.2) is 0 Å². The number of hydrogen-bond donors (Lipinski definition) is 1. The van der Waals surface area contributed by atoms with Gasteiger partial charge >= 0.3 is 0 Å². The van der Waals surface area contributed by atoms with Crippen LogP contribution in [0.4, 0.5) is 0 Å². The maximum Gasteiger partial charge on any atom is 0.226 e. The molecule has 0 saturated carbocycles. The fourth-order valence-corrected chi connectivity index (χ4v) is 1.93. The summed E-state index contributed by atoms with van der Waals surface area (Å²) in [7, 11) is 1.84. The third-order valence-corrected chi connectivity index (χ3v) is 2.78. The van der Waals surface area contributed by atoms with Crippen LogP contribution in [0.1, 0.15) is 6.92 Å². The molecular formula is C6H11IN2O. The largest absolute Gasteiger partial charge is 0.344 e. The highest BCUT2D eigenvalue weighted by Crippen LogP contribution is 2.16. The first-order valence-corrected chi connectivity index (χ1v) is 4.36. The number of rotatable bonds is 1. The minimum atomic E-state index is 0.141. The zero-order valence-electron chi connectivity index (χ0n) is 6.10. The first kappa shape index (κ1) is 8.26. The van der Waals surface area contributed by atoms with Crippen molar-refractivity contribution >= 4 is 28.8 Å². The number of carbonyl (C=O) groups excluding carboxylic acids is 1. The molecule has 1 aliphatic rings. The number of likely N-dealkylation sites (tertiary alicyclic amines) is 1. The molecule has 1 aliphatic heterocycles. The van der Waals surface area contributed by atoms with Gasteiger partial charge in [0.2, 0.25) is 5.91 Å². The van der Waals surface area contributed by atoms with Crippen LogP contribution in [0.3, 0.4) is 0 Å². The molecule has 0 aromatic carbocycles. The Bertz CT molecular complexity index is 151. The van der Waals surface area contributed by atoms with Crippen LogP contribution in [0.5, 0.6) is 0 Å². The van der Waals surface area contributed by atoms with E-state index in [0.717, 1.165) is 6.54 Å². The first-order valence-electron chi connectivity index (χ1n) is 3.28. The van der Waals surface area contributed by atoms with Crippen molar-refractivity contribution in [2.45, 2.75) is 13.0 Å². The van der Waals surface area contributed by atoms with Crippen molar-refractivity contribution in [1.82, 2.24) is 8.43 Å². The number of halogens is 1. The van der Waals surface area contributed by atoms with Gasteiger partial charge < -0.3 is 4.90 Å². The normalized spacial score (nSPS) is 33.5. The average molecular weight is 254 g/mol. The molecule has 0 spiro atoms. The lowest BCUT2D eigenvalue weighted by atomic mass is 10.1. The van der Waals surface area contributed by atoms with E-state index < -0.39 is 0 Å². The fraction of sp³-hybridized carbons (Fsp3) is 0.833. The third kappa shape index (κ3) is 1.27.